The average molecular weight is 342 g/mol. The Hall–Kier alpha value is -3.55. The van der Waals surface area contributed by atoms with E-state index in [0.717, 1.165) is 10.6 Å². The Balaban J connectivity index is 1.83. The zero-order valence-electron chi connectivity index (χ0n) is 12.7. The molecule has 0 bridgehead atoms. The smallest absolute Gasteiger partial charge is 0.308 e. The third-order valence-electron chi connectivity index (χ3n) is 3.24. The maximum Gasteiger partial charge on any atom is 0.325 e. The van der Waals surface area contributed by atoms with E-state index in [4.69, 9.17) is 0 Å². The monoisotopic (exact) mass is 342 g/mol. The molecule has 6 nitrogen and oxygen atoms in total. The highest BCUT2D eigenvalue weighted by atomic mass is 19.1. The van der Waals surface area contributed by atoms with E-state index in [9.17, 15) is 18.4 Å². The molecule has 0 spiro atoms. The van der Waals surface area contributed by atoms with Crippen molar-refractivity contribution in [3.05, 3.63) is 82.9 Å². The fourth-order valence-corrected chi connectivity index (χ4v) is 2.16. The molecule has 0 aliphatic heterocycles. The summed E-state index contributed by atoms with van der Waals surface area (Å²) in [5.74, 6) is -1.26. The summed E-state index contributed by atoms with van der Waals surface area (Å²) in [5.41, 5.74) is -0.123. The van der Waals surface area contributed by atoms with Crippen molar-refractivity contribution in [2.45, 2.75) is 0 Å². The lowest BCUT2D eigenvalue weighted by Gasteiger charge is -2.09. The van der Waals surface area contributed by atoms with Crippen LogP contribution < -0.4 is 16.2 Å². The Morgan fingerprint density at radius 3 is 2.44 bits per heavy atom. The minimum absolute atomic E-state index is 0.221. The third kappa shape index (κ3) is 3.86. The molecule has 8 heteroatoms. The van der Waals surface area contributed by atoms with Crippen LogP contribution in [0.1, 0.15) is 0 Å². The molecule has 1 heterocycles. The maximum absolute atomic E-state index is 13.3. The van der Waals surface area contributed by atoms with Crippen molar-refractivity contribution in [1.29, 1.82) is 0 Å². The molecule has 0 fully saturated rings. The van der Waals surface area contributed by atoms with Crippen LogP contribution in [0, 0.1) is 11.6 Å². The fourth-order valence-electron chi connectivity index (χ4n) is 2.16. The SMILES string of the molecule is O=C(Nc1cccc(F)c1)Nc1nccn(-c2cccc(F)c2)c1=O. The first-order chi connectivity index (χ1) is 12.0. The van der Waals surface area contributed by atoms with Crippen LogP contribution >= 0.6 is 0 Å². The predicted octanol–water partition coefficient (Wildman–Crippen LogP) is 3.15. The molecule has 0 atom stereocenters. The molecule has 0 saturated heterocycles. The lowest BCUT2D eigenvalue weighted by molar-refractivity contribution is 0.262. The van der Waals surface area contributed by atoms with Crippen LogP contribution in [-0.2, 0) is 0 Å². The molecule has 2 aromatic carbocycles. The number of amides is 2. The quantitative estimate of drug-likeness (QED) is 0.768. The van der Waals surface area contributed by atoms with Crippen LogP contribution in [0.15, 0.2) is 65.7 Å². The molecule has 3 rings (SSSR count). The van der Waals surface area contributed by atoms with E-state index in [2.05, 4.69) is 15.6 Å². The summed E-state index contributed by atoms with van der Waals surface area (Å²) in [5, 5.41) is 4.68. The largest absolute Gasteiger partial charge is 0.325 e. The van der Waals surface area contributed by atoms with Crippen molar-refractivity contribution < 1.29 is 13.6 Å². The second-order valence-electron chi connectivity index (χ2n) is 5.02. The molecule has 0 unspecified atom stereocenters. The van der Waals surface area contributed by atoms with Gasteiger partial charge in [0.25, 0.3) is 5.56 Å². The molecule has 25 heavy (non-hydrogen) atoms. The lowest BCUT2D eigenvalue weighted by atomic mass is 10.3. The van der Waals surface area contributed by atoms with E-state index in [1.165, 1.54) is 48.8 Å². The first kappa shape index (κ1) is 16.3. The number of nitrogens with one attached hydrogen (secondary N) is 2. The zero-order chi connectivity index (χ0) is 17.8. The minimum Gasteiger partial charge on any atom is -0.308 e. The van der Waals surface area contributed by atoms with Gasteiger partial charge in [-0.1, -0.05) is 12.1 Å². The van der Waals surface area contributed by atoms with Crippen LogP contribution in [0.25, 0.3) is 5.69 Å². The molecule has 126 valence electrons. The van der Waals surface area contributed by atoms with E-state index in [0.29, 0.717) is 5.69 Å². The average Bonchev–Trinajstić information content (AvgIpc) is 2.57. The van der Waals surface area contributed by atoms with E-state index in [-0.39, 0.29) is 11.5 Å². The molecule has 2 N–H and O–H groups in total. The van der Waals surface area contributed by atoms with Gasteiger partial charge in [0.15, 0.2) is 0 Å². The minimum atomic E-state index is -0.757. The molecule has 0 saturated carbocycles. The summed E-state index contributed by atoms with van der Waals surface area (Å²) in [6, 6.07) is 9.96. The van der Waals surface area contributed by atoms with E-state index >= 15 is 0 Å². The second-order valence-corrected chi connectivity index (χ2v) is 5.02. The van der Waals surface area contributed by atoms with Gasteiger partial charge in [-0.25, -0.2) is 18.6 Å². The van der Waals surface area contributed by atoms with Gasteiger partial charge in [0.05, 0.1) is 5.69 Å². The summed E-state index contributed by atoms with van der Waals surface area (Å²) >= 11 is 0. The molecule has 0 radical (unpaired) electrons. The number of aromatic nitrogens is 2. The van der Waals surface area contributed by atoms with E-state index in [1.54, 1.807) is 6.07 Å². The number of hydrogen-bond acceptors (Lipinski definition) is 3. The first-order valence-electron chi connectivity index (χ1n) is 7.20. The van der Waals surface area contributed by atoms with Gasteiger partial charge in [-0.3, -0.25) is 14.7 Å². The Kier molecular flexibility index (Phi) is 4.51. The molecular weight excluding hydrogens is 330 g/mol. The standard InChI is InChI=1S/C17H12F2N4O2/c18-11-3-1-5-13(9-11)21-17(25)22-15-16(24)23(8-7-20-15)14-6-2-4-12(19)10-14/h1-10H,(H2,20,21,22,25). The zero-order valence-corrected chi connectivity index (χ0v) is 12.7. The van der Waals surface area contributed by atoms with Gasteiger partial charge in [-0.05, 0) is 36.4 Å². The van der Waals surface area contributed by atoms with Crippen LogP contribution in [0.4, 0.5) is 25.1 Å². The molecule has 0 aliphatic rings. The number of hydrogen-bond donors (Lipinski definition) is 2. The number of urea groups is 1. The molecule has 2 amide bonds. The number of carbonyl (C=O) groups excluding carboxylic acids is 1. The van der Waals surface area contributed by atoms with Crippen LogP contribution in [0.2, 0.25) is 0 Å². The highest BCUT2D eigenvalue weighted by Crippen LogP contribution is 2.10. The first-order valence-corrected chi connectivity index (χ1v) is 7.20. The number of rotatable bonds is 3. The molecular formula is C17H12F2N4O2. The van der Waals surface area contributed by atoms with Gasteiger partial charge < -0.3 is 5.32 Å². The normalized spacial score (nSPS) is 10.3. The second kappa shape index (κ2) is 6.91. The van der Waals surface area contributed by atoms with Gasteiger partial charge in [0.2, 0.25) is 5.82 Å². The van der Waals surface area contributed by atoms with Crippen molar-refractivity contribution in [3.8, 4) is 5.69 Å². The number of nitrogens with zero attached hydrogens (tertiary/aromatic N) is 2. The Labute approximate surface area is 140 Å². The number of halogens is 2. The summed E-state index contributed by atoms with van der Waals surface area (Å²) in [6.07, 6.45) is 2.65. The third-order valence-corrected chi connectivity index (χ3v) is 3.24. The topological polar surface area (TPSA) is 76.0 Å². The van der Waals surface area contributed by atoms with Gasteiger partial charge in [0.1, 0.15) is 11.6 Å². The van der Waals surface area contributed by atoms with Crippen LogP contribution in [0.3, 0.4) is 0 Å². The summed E-state index contributed by atoms with van der Waals surface area (Å²) in [7, 11) is 0. The van der Waals surface area contributed by atoms with Gasteiger partial charge in [-0.2, -0.15) is 0 Å². The van der Waals surface area contributed by atoms with Crippen molar-refractivity contribution in [3.63, 3.8) is 0 Å². The molecule has 1 aromatic heterocycles. The predicted molar refractivity (Wildman–Crippen MR) is 88.8 cm³/mol. The Morgan fingerprint density at radius 1 is 1.00 bits per heavy atom. The fraction of sp³-hybridized carbons (Fsp3) is 0. The van der Waals surface area contributed by atoms with Crippen LogP contribution in [0.5, 0.6) is 0 Å². The maximum atomic E-state index is 13.3. The highest BCUT2D eigenvalue weighted by molar-refractivity contribution is 5.99. The highest BCUT2D eigenvalue weighted by Gasteiger charge is 2.11. The van der Waals surface area contributed by atoms with Gasteiger partial charge in [-0.15, -0.1) is 0 Å². The van der Waals surface area contributed by atoms with Crippen molar-refractivity contribution >= 4 is 17.5 Å². The van der Waals surface area contributed by atoms with E-state index < -0.39 is 23.2 Å². The van der Waals surface area contributed by atoms with Gasteiger partial charge >= 0.3 is 6.03 Å². The number of benzene rings is 2. The van der Waals surface area contributed by atoms with Crippen LogP contribution in [-0.4, -0.2) is 15.6 Å². The summed E-state index contributed by atoms with van der Waals surface area (Å²) < 4.78 is 27.6. The van der Waals surface area contributed by atoms with E-state index in [1.807, 2.05) is 0 Å². The van der Waals surface area contributed by atoms with Crippen molar-refractivity contribution in [1.82, 2.24) is 9.55 Å². The van der Waals surface area contributed by atoms with Crippen molar-refractivity contribution in [2.24, 2.45) is 0 Å². The van der Waals surface area contributed by atoms with Gasteiger partial charge in [0, 0.05) is 18.1 Å². The summed E-state index contributed by atoms with van der Waals surface area (Å²) in [6.45, 7) is 0. The molecule has 0 aliphatic carbocycles. The van der Waals surface area contributed by atoms with Crippen molar-refractivity contribution in [2.75, 3.05) is 10.6 Å². The number of carbonyl (C=O) groups is 1. The molecule has 3 aromatic rings. The summed E-state index contributed by atoms with van der Waals surface area (Å²) in [4.78, 5) is 28.2. The number of anilines is 2. The Morgan fingerprint density at radius 2 is 1.72 bits per heavy atom. The Bertz CT molecular complexity index is 988. The lowest BCUT2D eigenvalue weighted by Crippen LogP contribution is -2.28.